The van der Waals surface area contributed by atoms with E-state index in [1.807, 2.05) is 28.2 Å². The van der Waals surface area contributed by atoms with Gasteiger partial charge in [0.05, 0.1) is 28.2 Å². The van der Waals surface area contributed by atoms with Crippen molar-refractivity contribution in [2.45, 2.75) is 39.9 Å². The molecule has 0 aliphatic carbocycles. The lowest BCUT2D eigenvalue weighted by molar-refractivity contribution is -0.945. The molecule has 0 aliphatic rings. The van der Waals surface area contributed by atoms with Crippen molar-refractivity contribution in [3.8, 4) is 0 Å². The van der Waals surface area contributed by atoms with Gasteiger partial charge in [0.25, 0.3) is 0 Å². The molecule has 0 spiro atoms. The predicted molar refractivity (Wildman–Crippen MR) is 108 cm³/mol. The average Bonchev–Trinajstić information content (AvgIpc) is 2.58. The second-order valence-electron chi connectivity index (χ2n) is 8.60. The Morgan fingerprint density at radius 2 is 0.933 bits per heavy atom. The Morgan fingerprint density at radius 3 is 1.20 bits per heavy atom. The molecule has 10 nitrogen and oxygen atoms in total. The normalized spacial score (nSPS) is 13.7. The highest BCUT2D eigenvalue weighted by Crippen LogP contribution is 2.05. The summed E-state index contributed by atoms with van der Waals surface area (Å²) in [6, 6.07) is 0. The van der Waals surface area contributed by atoms with Gasteiger partial charge in [-0.25, -0.2) is 9.59 Å². The van der Waals surface area contributed by atoms with Crippen LogP contribution in [0.5, 0.6) is 0 Å². The summed E-state index contributed by atoms with van der Waals surface area (Å²) in [7, 11) is 8.13. The van der Waals surface area contributed by atoms with E-state index < -0.39 is 36.1 Å². The molecule has 0 aromatic rings. The van der Waals surface area contributed by atoms with E-state index in [0.29, 0.717) is 22.1 Å². The maximum Gasteiger partial charge on any atom is 0.347 e. The summed E-state index contributed by atoms with van der Waals surface area (Å²) in [5, 5.41) is 0. The number of nitrogens with zero attached hydrogens (tertiary/aromatic N) is 2. The number of likely N-dealkylation sites (N-methyl/N-ethyl adjacent to an activating group) is 2. The van der Waals surface area contributed by atoms with Gasteiger partial charge >= 0.3 is 23.9 Å². The molecule has 0 bridgehead atoms. The fourth-order valence-corrected chi connectivity index (χ4v) is 2.38. The Bertz CT molecular complexity index is 552. The number of ether oxygens (including phenoxy) is 4. The molecule has 0 saturated heterocycles. The lowest BCUT2D eigenvalue weighted by atomic mass is 10.3. The summed E-state index contributed by atoms with van der Waals surface area (Å²) in [5.74, 6) is -2.18. The van der Waals surface area contributed by atoms with Gasteiger partial charge in [-0.15, -0.1) is 0 Å². The van der Waals surface area contributed by atoms with Crippen LogP contribution in [0, 0.1) is 0 Å². The third-order valence-corrected chi connectivity index (χ3v) is 4.54. The highest BCUT2D eigenvalue weighted by Gasteiger charge is 2.25. The van der Waals surface area contributed by atoms with E-state index in [-0.39, 0.29) is 13.2 Å². The van der Waals surface area contributed by atoms with Gasteiger partial charge in [-0.3, -0.25) is 9.59 Å². The second-order valence-corrected chi connectivity index (χ2v) is 8.60. The first-order valence-electron chi connectivity index (χ1n) is 9.97. The van der Waals surface area contributed by atoms with Crippen molar-refractivity contribution in [1.82, 2.24) is 0 Å². The molecule has 0 saturated carbocycles. The van der Waals surface area contributed by atoms with E-state index in [4.69, 9.17) is 18.9 Å². The number of esters is 4. The van der Waals surface area contributed by atoms with Crippen LogP contribution in [0.4, 0.5) is 0 Å². The van der Waals surface area contributed by atoms with Crippen molar-refractivity contribution in [1.29, 1.82) is 0 Å². The van der Waals surface area contributed by atoms with Crippen LogP contribution >= 0.6 is 0 Å². The summed E-state index contributed by atoms with van der Waals surface area (Å²) >= 11 is 0. The van der Waals surface area contributed by atoms with Crippen molar-refractivity contribution < 1.29 is 47.1 Å². The largest absolute Gasteiger partial charge is 0.457 e. The Morgan fingerprint density at radius 1 is 0.633 bits per heavy atom. The van der Waals surface area contributed by atoms with Crippen molar-refractivity contribution in [3.63, 3.8) is 0 Å². The predicted octanol–water partition coefficient (Wildman–Crippen LogP) is 0.129. The zero-order valence-corrected chi connectivity index (χ0v) is 19.6. The van der Waals surface area contributed by atoms with Gasteiger partial charge in [-0.2, -0.15) is 0 Å². The van der Waals surface area contributed by atoms with E-state index in [9.17, 15) is 19.2 Å². The lowest BCUT2D eigenvalue weighted by Gasteiger charge is -2.35. The summed E-state index contributed by atoms with van der Waals surface area (Å²) in [4.78, 5) is 45.3. The first-order valence-corrected chi connectivity index (χ1v) is 9.97. The van der Waals surface area contributed by atoms with E-state index in [0.717, 1.165) is 13.1 Å². The molecule has 2 atom stereocenters. The number of carbonyl (C=O) groups is 4. The molecule has 0 aliphatic heterocycles. The van der Waals surface area contributed by atoms with Crippen molar-refractivity contribution in [2.24, 2.45) is 0 Å². The average molecular weight is 435 g/mol. The van der Waals surface area contributed by atoms with E-state index in [1.54, 1.807) is 0 Å². The molecule has 0 radical (unpaired) electrons. The second kappa shape index (κ2) is 12.5. The van der Waals surface area contributed by atoms with E-state index >= 15 is 0 Å². The molecule has 10 heteroatoms. The molecule has 0 rings (SSSR count). The van der Waals surface area contributed by atoms with Crippen molar-refractivity contribution in [3.05, 3.63) is 0 Å². The third kappa shape index (κ3) is 13.1. The van der Waals surface area contributed by atoms with Crippen LogP contribution in [0.3, 0.4) is 0 Å². The molecular weight excluding hydrogens is 396 g/mol. The zero-order chi connectivity index (χ0) is 23.5. The maximum absolute atomic E-state index is 11.8. The molecule has 2 unspecified atom stereocenters. The van der Waals surface area contributed by atoms with Crippen LogP contribution in [0.1, 0.15) is 27.7 Å². The molecule has 0 amide bonds. The fourth-order valence-electron chi connectivity index (χ4n) is 2.38. The van der Waals surface area contributed by atoms with E-state index in [2.05, 4.69) is 0 Å². The highest BCUT2D eigenvalue weighted by atomic mass is 16.6. The summed E-state index contributed by atoms with van der Waals surface area (Å²) in [6.07, 6.45) is -1.83. The Labute approximate surface area is 179 Å². The Balaban J connectivity index is 4.27. The van der Waals surface area contributed by atoms with Crippen LogP contribution in [0.15, 0.2) is 0 Å². The van der Waals surface area contributed by atoms with Crippen LogP contribution in [0.2, 0.25) is 0 Å². The summed E-state index contributed by atoms with van der Waals surface area (Å²) in [5.41, 5.74) is 0. The number of rotatable bonds is 13. The topological polar surface area (TPSA) is 105 Å². The molecular formula is C20H38N2O8+2. The van der Waals surface area contributed by atoms with Crippen LogP contribution in [0.25, 0.3) is 0 Å². The molecule has 0 heterocycles. The minimum atomic E-state index is -0.917. The molecule has 174 valence electrons. The molecule has 0 N–H and O–H groups in total. The SMILES string of the molecule is CC(=O)OC(C)C(=O)OCC[N+](C)(C)CC[N+](C)(C)CCOC(=O)C(C)OC(C)=O. The highest BCUT2D eigenvalue weighted by molar-refractivity contribution is 5.78. The summed E-state index contributed by atoms with van der Waals surface area (Å²) < 4.78 is 21.2. The van der Waals surface area contributed by atoms with Crippen molar-refractivity contribution in [2.75, 3.05) is 67.6 Å². The standard InChI is InChI=1S/C20H38N2O8/c1-15(29-17(3)23)19(25)27-13-11-21(5,6)9-10-22(7,8)12-14-28-20(26)16(2)30-18(4)24/h15-16H,9-14H2,1-8H3/q+2. The molecule has 0 aromatic heterocycles. The molecule has 30 heavy (non-hydrogen) atoms. The summed E-state index contributed by atoms with van der Waals surface area (Å²) in [6.45, 7) is 8.70. The number of hydrogen-bond donors (Lipinski definition) is 0. The number of hydrogen-bond acceptors (Lipinski definition) is 8. The quantitative estimate of drug-likeness (QED) is 0.229. The van der Waals surface area contributed by atoms with Gasteiger partial charge in [0, 0.05) is 13.8 Å². The van der Waals surface area contributed by atoms with Gasteiger partial charge in [0.15, 0.2) is 12.2 Å². The van der Waals surface area contributed by atoms with Gasteiger partial charge in [0.2, 0.25) is 0 Å². The van der Waals surface area contributed by atoms with Crippen LogP contribution < -0.4 is 0 Å². The smallest absolute Gasteiger partial charge is 0.347 e. The van der Waals surface area contributed by atoms with Gasteiger partial charge < -0.3 is 27.9 Å². The Kier molecular flexibility index (Phi) is 11.6. The Hall–Kier alpha value is -2.20. The van der Waals surface area contributed by atoms with Gasteiger partial charge in [-0.1, -0.05) is 0 Å². The van der Waals surface area contributed by atoms with Crippen LogP contribution in [-0.4, -0.2) is 113 Å². The molecule has 0 fully saturated rings. The lowest BCUT2D eigenvalue weighted by Crippen LogP contribution is -2.53. The zero-order valence-electron chi connectivity index (χ0n) is 19.6. The van der Waals surface area contributed by atoms with Gasteiger partial charge in [0.1, 0.15) is 39.4 Å². The van der Waals surface area contributed by atoms with Gasteiger partial charge in [-0.05, 0) is 13.8 Å². The fraction of sp³-hybridized carbons (Fsp3) is 0.800. The number of quaternary nitrogens is 2. The van der Waals surface area contributed by atoms with Crippen LogP contribution in [-0.2, 0) is 38.1 Å². The first kappa shape index (κ1) is 27.8. The van der Waals surface area contributed by atoms with Crippen molar-refractivity contribution >= 4 is 23.9 Å². The third-order valence-electron chi connectivity index (χ3n) is 4.54. The van der Waals surface area contributed by atoms with E-state index in [1.165, 1.54) is 27.7 Å². The minimum Gasteiger partial charge on any atom is -0.457 e. The molecule has 0 aromatic carbocycles. The number of carbonyl (C=O) groups excluding carboxylic acids is 4. The minimum absolute atomic E-state index is 0.219. The monoisotopic (exact) mass is 434 g/mol. The maximum atomic E-state index is 11.8. The first-order chi connectivity index (χ1) is 13.6.